The second-order valence-electron chi connectivity index (χ2n) is 8.58. The molecule has 0 aromatic heterocycles. The molecule has 0 radical (unpaired) electrons. The molecule has 0 saturated carbocycles. The van der Waals surface area contributed by atoms with Crippen LogP contribution in [0.15, 0.2) is 77.7 Å². The Labute approximate surface area is 184 Å². The molecule has 2 aliphatic heterocycles. The molecule has 1 unspecified atom stereocenters. The maximum atomic E-state index is 13.4. The molecule has 3 aromatic rings. The second kappa shape index (κ2) is 8.71. The summed E-state index contributed by atoms with van der Waals surface area (Å²) in [6, 6.07) is 24.4. The van der Waals surface area contributed by atoms with Crippen LogP contribution >= 0.6 is 0 Å². The fourth-order valence-corrected chi connectivity index (χ4v) is 6.60. The minimum Gasteiger partial charge on any atom is -0.297 e. The third-order valence-corrected chi connectivity index (χ3v) is 8.61. The first-order valence-corrected chi connectivity index (χ1v) is 12.5. The van der Waals surface area contributed by atoms with Crippen LogP contribution in [0, 0.1) is 0 Å². The van der Waals surface area contributed by atoms with Gasteiger partial charge in [-0.05, 0) is 23.4 Å². The van der Waals surface area contributed by atoms with Gasteiger partial charge in [-0.25, -0.2) is 8.42 Å². The molecule has 3 aromatic carbocycles. The van der Waals surface area contributed by atoms with Crippen LogP contribution in [0.3, 0.4) is 0 Å². The van der Waals surface area contributed by atoms with Crippen molar-refractivity contribution in [2.75, 3.05) is 39.3 Å². The van der Waals surface area contributed by atoms with Gasteiger partial charge in [-0.15, -0.1) is 0 Å². The fraction of sp³-hybridized carbons (Fsp3) is 0.360. The number of fused-ring (bicyclic) bond motifs is 1. The molecule has 0 amide bonds. The van der Waals surface area contributed by atoms with Gasteiger partial charge in [0, 0.05) is 57.2 Å². The minimum atomic E-state index is -3.49. The first kappa shape index (κ1) is 20.6. The zero-order chi connectivity index (χ0) is 21.3. The Balaban J connectivity index is 1.22. The molecule has 2 aliphatic rings. The monoisotopic (exact) mass is 435 g/mol. The first-order chi connectivity index (χ1) is 15.1. The highest BCUT2D eigenvalue weighted by molar-refractivity contribution is 7.89. The van der Waals surface area contributed by atoms with Crippen molar-refractivity contribution in [3.63, 3.8) is 0 Å². The third-order valence-electron chi connectivity index (χ3n) is 6.65. The molecule has 2 heterocycles. The molecule has 0 N–H and O–H groups in total. The van der Waals surface area contributed by atoms with Crippen molar-refractivity contribution in [1.29, 1.82) is 0 Å². The van der Waals surface area contributed by atoms with Crippen LogP contribution in [-0.4, -0.2) is 67.8 Å². The van der Waals surface area contributed by atoms with Crippen molar-refractivity contribution >= 4 is 20.8 Å². The molecule has 0 bridgehead atoms. The van der Waals surface area contributed by atoms with E-state index in [1.165, 1.54) is 5.56 Å². The molecule has 0 spiro atoms. The van der Waals surface area contributed by atoms with Crippen molar-refractivity contribution in [3.05, 3.63) is 78.4 Å². The Morgan fingerprint density at radius 3 is 2.29 bits per heavy atom. The van der Waals surface area contributed by atoms with E-state index in [1.54, 1.807) is 10.4 Å². The van der Waals surface area contributed by atoms with Gasteiger partial charge in [-0.1, -0.05) is 66.7 Å². The molecule has 6 heteroatoms. The molecule has 2 fully saturated rings. The highest BCUT2D eigenvalue weighted by atomic mass is 32.2. The SMILES string of the molecule is O=S(=O)(c1cccc2ccccc12)N1CCN(C2CCN(Cc3ccccc3)C2)CC1. The summed E-state index contributed by atoms with van der Waals surface area (Å²) in [5.41, 5.74) is 1.36. The number of rotatable bonds is 5. The zero-order valence-corrected chi connectivity index (χ0v) is 18.5. The van der Waals surface area contributed by atoms with Crippen LogP contribution in [0.25, 0.3) is 10.8 Å². The van der Waals surface area contributed by atoms with Gasteiger partial charge in [-0.2, -0.15) is 4.31 Å². The average Bonchev–Trinajstić information content (AvgIpc) is 3.28. The summed E-state index contributed by atoms with van der Waals surface area (Å²) >= 11 is 0. The Bertz CT molecular complexity index is 1140. The van der Waals surface area contributed by atoms with E-state index in [4.69, 9.17) is 0 Å². The van der Waals surface area contributed by atoms with Gasteiger partial charge in [-0.3, -0.25) is 9.80 Å². The van der Waals surface area contributed by atoms with Crippen molar-refractivity contribution in [1.82, 2.24) is 14.1 Å². The number of hydrogen-bond acceptors (Lipinski definition) is 4. The second-order valence-corrected chi connectivity index (χ2v) is 10.5. The molecule has 2 saturated heterocycles. The molecule has 162 valence electrons. The van der Waals surface area contributed by atoms with Gasteiger partial charge < -0.3 is 0 Å². The Hall–Kier alpha value is -2.25. The van der Waals surface area contributed by atoms with Crippen LogP contribution in [0.2, 0.25) is 0 Å². The molecule has 0 aliphatic carbocycles. The van der Waals surface area contributed by atoms with Crippen molar-refractivity contribution in [3.8, 4) is 0 Å². The van der Waals surface area contributed by atoms with Crippen LogP contribution in [0.5, 0.6) is 0 Å². The van der Waals surface area contributed by atoms with E-state index in [1.807, 2.05) is 36.4 Å². The number of hydrogen-bond donors (Lipinski definition) is 0. The average molecular weight is 436 g/mol. The minimum absolute atomic E-state index is 0.425. The standard InChI is InChI=1S/C25H29N3O2S/c29-31(30,25-12-6-10-22-9-4-5-11-24(22)25)28-17-15-27(16-18-28)23-13-14-26(20-23)19-21-7-2-1-3-8-21/h1-12,23H,13-20H2. The highest BCUT2D eigenvalue weighted by Crippen LogP contribution is 2.27. The van der Waals surface area contributed by atoms with Gasteiger partial charge in [0.15, 0.2) is 0 Å². The predicted octanol–water partition coefficient (Wildman–Crippen LogP) is 3.42. The maximum Gasteiger partial charge on any atom is 0.243 e. The van der Waals surface area contributed by atoms with Crippen molar-refractivity contribution in [2.24, 2.45) is 0 Å². The molecular weight excluding hydrogens is 406 g/mol. The number of likely N-dealkylation sites (tertiary alicyclic amines) is 1. The summed E-state index contributed by atoms with van der Waals surface area (Å²) in [5, 5.41) is 1.77. The molecule has 5 nitrogen and oxygen atoms in total. The third kappa shape index (κ3) is 4.26. The van der Waals surface area contributed by atoms with E-state index in [9.17, 15) is 8.42 Å². The fourth-order valence-electron chi connectivity index (χ4n) is 4.96. The number of piperazine rings is 1. The topological polar surface area (TPSA) is 43.9 Å². The zero-order valence-electron chi connectivity index (χ0n) is 17.7. The maximum absolute atomic E-state index is 13.4. The van der Waals surface area contributed by atoms with Crippen LogP contribution in [0.4, 0.5) is 0 Å². The lowest BCUT2D eigenvalue weighted by atomic mass is 10.1. The van der Waals surface area contributed by atoms with Gasteiger partial charge in [0.2, 0.25) is 10.0 Å². The van der Waals surface area contributed by atoms with E-state index >= 15 is 0 Å². The normalized spacial score (nSPS) is 21.6. The van der Waals surface area contributed by atoms with Crippen molar-refractivity contribution < 1.29 is 8.42 Å². The molecule has 1 atom stereocenters. The van der Waals surface area contributed by atoms with Crippen LogP contribution in [0.1, 0.15) is 12.0 Å². The predicted molar refractivity (Wildman–Crippen MR) is 124 cm³/mol. The molecule has 5 rings (SSSR count). The Morgan fingerprint density at radius 2 is 1.48 bits per heavy atom. The lowest BCUT2D eigenvalue weighted by Gasteiger charge is -2.37. The number of nitrogens with zero attached hydrogens (tertiary/aromatic N) is 3. The van der Waals surface area contributed by atoms with Crippen LogP contribution < -0.4 is 0 Å². The Kier molecular flexibility index (Phi) is 5.80. The smallest absolute Gasteiger partial charge is 0.243 e. The Morgan fingerprint density at radius 1 is 0.774 bits per heavy atom. The van der Waals surface area contributed by atoms with Gasteiger partial charge >= 0.3 is 0 Å². The summed E-state index contributed by atoms with van der Waals surface area (Å²) in [4.78, 5) is 5.42. The quantitative estimate of drug-likeness (QED) is 0.616. The van der Waals surface area contributed by atoms with Gasteiger partial charge in [0.05, 0.1) is 4.90 Å². The van der Waals surface area contributed by atoms with Crippen LogP contribution in [-0.2, 0) is 16.6 Å². The summed E-state index contributed by atoms with van der Waals surface area (Å²) in [5.74, 6) is 0. The van der Waals surface area contributed by atoms with E-state index in [0.29, 0.717) is 24.0 Å². The van der Waals surface area contributed by atoms with Gasteiger partial charge in [0.1, 0.15) is 0 Å². The van der Waals surface area contributed by atoms with E-state index in [0.717, 1.165) is 49.9 Å². The van der Waals surface area contributed by atoms with E-state index in [2.05, 4.69) is 40.1 Å². The van der Waals surface area contributed by atoms with E-state index in [-0.39, 0.29) is 0 Å². The summed E-state index contributed by atoms with van der Waals surface area (Å²) < 4.78 is 28.4. The lowest BCUT2D eigenvalue weighted by molar-refractivity contribution is 0.136. The number of benzene rings is 3. The highest BCUT2D eigenvalue weighted by Gasteiger charge is 2.34. The lowest BCUT2D eigenvalue weighted by Crippen LogP contribution is -2.52. The first-order valence-electron chi connectivity index (χ1n) is 11.1. The van der Waals surface area contributed by atoms with Gasteiger partial charge in [0.25, 0.3) is 0 Å². The molecular formula is C25H29N3O2S. The summed E-state index contributed by atoms with van der Waals surface area (Å²) in [6.07, 6.45) is 1.16. The molecule has 31 heavy (non-hydrogen) atoms. The summed E-state index contributed by atoms with van der Waals surface area (Å²) in [6.45, 7) is 5.87. The largest absolute Gasteiger partial charge is 0.297 e. The summed E-state index contributed by atoms with van der Waals surface area (Å²) in [7, 11) is -3.49. The van der Waals surface area contributed by atoms with E-state index < -0.39 is 10.0 Å². The number of sulfonamides is 1. The van der Waals surface area contributed by atoms with Crippen molar-refractivity contribution in [2.45, 2.75) is 23.9 Å².